The minimum absolute atomic E-state index is 0. The van der Waals surface area contributed by atoms with Crippen molar-refractivity contribution in [2.24, 2.45) is 0 Å². The fourth-order valence-electron chi connectivity index (χ4n) is 0.619. The van der Waals surface area contributed by atoms with Crippen LogP contribution in [-0.2, 0) is 0 Å². The van der Waals surface area contributed by atoms with Crippen molar-refractivity contribution in [2.75, 3.05) is 0 Å². The predicted molar refractivity (Wildman–Crippen MR) is 40.5 cm³/mol. The number of nitro groups is 1. The number of benzene rings is 1. The molecule has 0 saturated carbocycles. The van der Waals surface area contributed by atoms with Gasteiger partial charge in [0.15, 0.2) is 5.75 Å². The number of hydrogen-bond acceptors (Lipinski definition) is 3. The summed E-state index contributed by atoms with van der Waals surface area (Å²) in [5.41, 5.74) is -0.262. The van der Waals surface area contributed by atoms with Crippen LogP contribution in [0.5, 0.6) is 5.75 Å². The van der Waals surface area contributed by atoms with E-state index >= 15 is 0 Å². The maximum Gasteiger partial charge on any atom is 1.00 e. The van der Waals surface area contributed by atoms with Crippen LogP contribution in [0.3, 0.4) is 0 Å². The van der Waals surface area contributed by atoms with Gasteiger partial charge in [0.05, 0.1) is 4.92 Å². The Kier molecular flexibility index (Phi) is 7.08. The number of para-hydroxylation sites is 2. The van der Waals surface area contributed by atoms with Gasteiger partial charge in [0.1, 0.15) is 0 Å². The Morgan fingerprint density at radius 2 is 1.83 bits per heavy atom. The number of rotatable bonds is 1. The zero-order valence-electron chi connectivity index (χ0n) is 6.60. The van der Waals surface area contributed by atoms with Gasteiger partial charge in [0, 0.05) is 6.07 Å². The van der Waals surface area contributed by atoms with Crippen molar-refractivity contribution < 1.29 is 39.6 Å². The summed E-state index contributed by atoms with van der Waals surface area (Å²) in [7, 11) is 0. The van der Waals surface area contributed by atoms with Crippen LogP contribution in [0.1, 0.15) is 0 Å². The van der Waals surface area contributed by atoms with Crippen LogP contribution >= 0.6 is 0 Å². The third-order valence-corrected chi connectivity index (χ3v) is 1.08. The van der Waals surface area contributed by atoms with E-state index < -0.39 is 4.92 Å². The van der Waals surface area contributed by atoms with Gasteiger partial charge in [0.25, 0.3) is 0 Å². The Morgan fingerprint density at radius 1 is 1.33 bits per heavy atom. The molecule has 1 aromatic rings. The molecule has 56 valence electrons. The van der Waals surface area contributed by atoms with Crippen LogP contribution in [0.25, 0.3) is 0 Å². The summed E-state index contributed by atoms with van der Waals surface area (Å²) in [5, 5.41) is 18.9. The van der Waals surface area contributed by atoms with Crippen molar-refractivity contribution in [3.05, 3.63) is 34.4 Å². The van der Waals surface area contributed by atoms with Crippen molar-refractivity contribution >= 4 is 14.1 Å². The van der Waals surface area contributed by atoms with Crippen LogP contribution in [0.4, 0.5) is 5.69 Å². The standard InChI is InChI=1S/C6H5NO3.B.Na/c8-6-4-2-1-3-5(6)7(9)10;;/h1-4,8H;;/q;-1;+1. The Labute approximate surface area is 93.6 Å². The monoisotopic (exact) mass is 173 g/mol. The third-order valence-electron chi connectivity index (χ3n) is 1.08. The molecule has 0 aliphatic heterocycles. The minimum Gasteiger partial charge on any atom is -1.00 e. The van der Waals surface area contributed by atoms with Gasteiger partial charge >= 0.3 is 35.2 Å². The second kappa shape index (κ2) is 6.05. The number of phenolic OH excluding ortho intramolecular Hbond substituents is 1. The summed E-state index contributed by atoms with van der Waals surface area (Å²) in [6.45, 7) is 0. The Hall–Kier alpha value is -0.515. The molecule has 0 fully saturated rings. The number of aromatic hydroxyl groups is 1. The molecule has 0 saturated heterocycles. The van der Waals surface area contributed by atoms with Crippen LogP contribution < -0.4 is 29.6 Å². The summed E-state index contributed by atoms with van der Waals surface area (Å²) in [6, 6.07) is 5.55. The van der Waals surface area contributed by atoms with E-state index in [1.54, 1.807) is 0 Å². The van der Waals surface area contributed by atoms with Crippen LogP contribution in [0.2, 0.25) is 0 Å². The molecule has 0 atom stereocenters. The molecule has 4 nitrogen and oxygen atoms in total. The molecule has 12 heavy (non-hydrogen) atoms. The molecule has 1 rings (SSSR count). The Morgan fingerprint density at radius 3 is 2.17 bits per heavy atom. The number of hydrogen-bond donors (Lipinski definition) is 1. The van der Waals surface area contributed by atoms with E-state index in [0.717, 1.165) is 0 Å². The molecule has 0 aliphatic rings. The third kappa shape index (κ3) is 3.25. The van der Waals surface area contributed by atoms with E-state index in [-0.39, 0.29) is 49.4 Å². The van der Waals surface area contributed by atoms with Gasteiger partial charge < -0.3 is 13.5 Å². The van der Waals surface area contributed by atoms with E-state index in [4.69, 9.17) is 5.11 Å². The second-order valence-corrected chi connectivity index (χ2v) is 1.75. The molecule has 0 aliphatic carbocycles. The molecular weight excluding hydrogens is 168 g/mol. The summed E-state index contributed by atoms with van der Waals surface area (Å²) in [6.07, 6.45) is 0. The Bertz CT molecular complexity index is 269. The van der Waals surface area contributed by atoms with Crippen molar-refractivity contribution in [1.29, 1.82) is 0 Å². The zero-order valence-corrected chi connectivity index (χ0v) is 8.60. The number of nitro benzene ring substituents is 1. The molecule has 1 N–H and O–H groups in total. The summed E-state index contributed by atoms with van der Waals surface area (Å²) in [5.74, 6) is -0.299. The topological polar surface area (TPSA) is 63.4 Å². The fourth-order valence-corrected chi connectivity index (χ4v) is 0.619. The molecule has 1 aromatic carbocycles. The van der Waals surface area contributed by atoms with E-state index in [1.807, 2.05) is 0 Å². The number of nitrogens with zero attached hydrogens (tertiary/aromatic N) is 1. The van der Waals surface area contributed by atoms with Crippen molar-refractivity contribution in [3.8, 4) is 5.75 Å². The van der Waals surface area contributed by atoms with E-state index in [2.05, 4.69) is 0 Å². The first-order valence-electron chi connectivity index (χ1n) is 2.64. The largest absolute Gasteiger partial charge is 1.00 e. The van der Waals surface area contributed by atoms with Crippen LogP contribution in [0.15, 0.2) is 24.3 Å². The first kappa shape index (κ1) is 14.0. The molecule has 0 spiro atoms. The van der Waals surface area contributed by atoms with E-state index in [9.17, 15) is 10.1 Å². The molecule has 4 radical (unpaired) electrons. The molecule has 6 heteroatoms. The second-order valence-electron chi connectivity index (χ2n) is 1.75. The maximum absolute atomic E-state index is 10.1. The average molecular weight is 173 g/mol. The molecule has 0 heterocycles. The van der Waals surface area contributed by atoms with E-state index in [0.29, 0.717) is 0 Å². The van der Waals surface area contributed by atoms with Crippen molar-refractivity contribution in [1.82, 2.24) is 0 Å². The van der Waals surface area contributed by atoms with Crippen molar-refractivity contribution in [2.45, 2.75) is 0 Å². The molecule has 0 unspecified atom stereocenters. The smallest absolute Gasteiger partial charge is 1.00 e. The van der Waals surface area contributed by atoms with Crippen LogP contribution in [-0.4, -0.2) is 18.4 Å². The Balaban J connectivity index is 0. The first-order valence-corrected chi connectivity index (χ1v) is 2.64. The quantitative estimate of drug-likeness (QED) is 0.301. The molecular formula is C6H5BNNaO3. The van der Waals surface area contributed by atoms with Gasteiger partial charge in [0.2, 0.25) is 0 Å². The zero-order chi connectivity index (χ0) is 7.56. The minimum atomic E-state index is -0.630. The first-order chi connectivity index (χ1) is 4.72. The maximum atomic E-state index is 10.1. The van der Waals surface area contributed by atoms with Gasteiger partial charge in [-0.2, -0.15) is 0 Å². The summed E-state index contributed by atoms with van der Waals surface area (Å²) < 4.78 is 0. The van der Waals surface area contributed by atoms with Crippen molar-refractivity contribution in [3.63, 3.8) is 0 Å². The van der Waals surface area contributed by atoms with Gasteiger partial charge in [-0.3, -0.25) is 10.1 Å². The summed E-state index contributed by atoms with van der Waals surface area (Å²) in [4.78, 5) is 9.44. The SMILES string of the molecule is O=[N+]([O-])c1ccccc1O.[B-].[Na+]. The van der Waals surface area contributed by atoms with Gasteiger partial charge in [-0.25, -0.2) is 0 Å². The number of phenols is 1. The molecule has 0 aromatic heterocycles. The van der Waals surface area contributed by atoms with Gasteiger partial charge in [-0.1, -0.05) is 12.1 Å². The average Bonchev–Trinajstić information content (AvgIpc) is 1.88. The van der Waals surface area contributed by atoms with Gasteiger partial charge in [-0.15, -0.1) is 0 Å². The molecule has 0 amide bonds. The fraction of sp³-hybridized carbons (Fsp3) is 0. The summed E-state index contributed by atoms with van der Waals surface area (Å²) >= 11 is 0. The van der Waals surface area contributed by atoms with Gasteiger partial charge in [-0.05, 0) is 6.07 Å². The van der Waals surface area contributed by atoms with E-state index in [1.165, 1.54) is 24.3 Å². The predicted octanol–water partition coefficient (Wildman–Crippen LogP) is -2.08. The van der Waals surface area contributed by atoms with Crippen LogP contribution in [0, 0.1) is 10.1 Å². The molecule has 0 bridgehead atoms. The normalized spacial score (nSPS) is 7.67.